The lowest BCUT2D eigenvalue weighted by Crippen LogP contribution is -2.31. The van der Waals surface area contributed by atoms with Gasteiger partial charge in [0.05, 0.1) is 5.56 Å². The van der Waals surface area contributed by atoms with Gasteiger partial charge in [0, 0.05) is 22.8 Å². The van der Waals surface area contributed by atoms with Gasteiger partial charge < -0.3 is 11.1 Å². The third kappa shape index (κ3) is 3.07. The Kier molecular flexibility index (Phi) is 4.18. The molecule has 1 fully saturated rings. The Bertz CT molecular complexity index is 389. The summed E-state index contributed by atoms with van der Waals surface area (Å²) >= 11 is 1.61. The van der Waals surface area contributed by atoms with Crippen LogP contribution in [0.4, 0.5) is 0 Å². The second-order valence-electron chi connectivity index (χ2n) is 4.75. The van der Waals surface area contributed by atoms with E-state index in [0.29, 0.717) is 11.6 Å². The normalized spacial score (nSPS) is 24.1. The molecule has 1 aromatic heterocycles. The minimum absolute atomic E-state index is 0.334. The first-order chi connectivity index (χ1) is 8.20. The fraction of sp³-hybridized carbons (Fsp3) is 0.615. The van der Waals surface area contributed by atoms with Crippen molar-refractivity contribution in [2.75, 3.05) is 0 Å². The second-order valence-corrected chi connectivity index (χ2v) is 5.75. The SMILES string of the molecule is CC[C@@H]1CCC[C@H]1NCc1cc(C(N)=O)cs1. The number of nitrogens with one attached hydrogen (secondary N) is 1. The number of thiophene rings is 1. The number of carbonyl (C=O) groups is 1. The predicted octanol–water partition coefficient (Wildman–Crippen LogP) is 2.52. The van der Waals surface area contributed by atoms with Crippen LogP contribution in [-0.4, -0.2) is 11.9 Å². The van der Waals surface area contributed by atoms with Gasteiger partial charge in [-0.05, 0) is 24.8 Å². The summed E-state index contributed by atoms with van der Waals surface area (Å²) in [7, 11) is 0. The van der Waals surface area contributed by atoms with Crippen molar-refractivity contribution in [3.8, 4) is 0 Å². The van der Waals surface area contributed by atoms with Gasteiger partial charge in [-0.1, -0.05) is 19.8 Å². The molecule has 1 amide bonds. The summed E-state index contributed by atoms with van der Waals surface area (Å²) < 4.78 is 0. The molecule has 1 aromatic rings. The van der Waals surface area contributed by atoms with Gasteiger partial charge >= 0.3 is 0 Å². The maximum absolute atomic E-state index is 11.0. The number of hydrogen-bond donors (Lipinski definition) is 2. The van der Waals surface area contributed by atoms with E-state index in [0.717, 1.165) is 12.5 Å². The quantitative estimate of drug-likeness (QED) is 0.846. The first-order valence-corrected chi connectivity index (χ1v) is 7.19. The number of rotatable bonds is 5. The van der Waals surface area contributed by atoms with Crippen molar-refractivity contribution in [3.05, 3.63) is 21.9 Å². The van der Waals surface area contributed by atoms with Gasteiger partial charge in [0.2, 0.25) is 5.91 Å². The monoisotopic (exact) mass is 252 g/mol. The summed E-state index contributed by atoms with van der Waals surface area (Å²) in [5.74, 6) is 0.491. The fourth-order valence-electron chi connectivity index (χ4n) is 2.63. The highest BCUT2D eigenvalue weighted by molar-refractivity contribution is 7.10. The van der Waals surface area contributed by atoms with Gasteiger partial charge in [0.15, 0.2) is 0 Å². The molecule has 0 spiro atoms. The van der Waals surface area contributed by atoms with E-state index in [1.807, 2.05) is 11.4 Å². The molecule has 1 heterocycles. The average molecular weight is 252 g/mol. The highest BCUT2D eigenvalue weighted by atomic mass is 32.1. The molecule has 0 aromatic carbocycles. The second kappa shape index (κ2) is 5.65. The molecule has 1 aliphatic carbocycles. The standard InChI is InChI=1S/C13H20N2OS/c1-2-9-4-3-5-12(9)15-7-11-6-10(8-17-11)13(14)16/h6,8-9,12,15H,2-5,7H2,1H3,(H2,14,16)/t9-,12-/m1/s1. The van der Waals surface area contributed by atoms with Crippen LogP contribution in [0.25, 0.3) is 0 Å². The van der Waals surface area contributed by atoms with Crippen LogP contribution in [0.3, 0.4) is 0 Å². The number of amides is 1. The Hall–Kier alpha value is -0.870. The van der Waals surface area contributed by atoms with Crippen molar-refractivity contribution in [3.63, 3.8) is 0 Å². The minimum Gasteiger partial charge on any atom is -0.366 e. The van der Waals surface area contributed by atoms with Crippen LogP contribution in [-0.2, 0) is 6.54 Å². The molecule has 0 bridgehead atoms. The summed E-state index contributed by atoms with van der Waals surface area (Å²) in [6, 6.07) is 2.55. The Morgan fingerprint density at radius 3 is 3.06 bits per heavy atom. The van der Waals surface area contributed by atoms with Crippen LogP contribution < -0.4 is 11.1 Å². The molecular weight excluding hydrogens is 232 g/mol. The zero-order chi connectivity index (χ0) is 12.3. The largest absolute Gasteiger partial charge is 0.366 e. The van der Waals surface area contributed by atoms with E-state index in [1.54, 1.807) is 11.3 Å². The van der Waals surface area contributed by atoms with Gasteiger partial charge in [-0.3, -0.25) is 4.79 Å². The molecule has 0 radical (unpaired) electrons. The lowest BCUT2D eigenvalue weighted by Gasteiger charge is -2.19. The molecule has 0 unspecified atom stereocenters. The molecule has 0 saturated heterocycles. The van der Waals surface area contributed by atoms with E-state index >= 15 is 0 Å². The average Bonchev–Trinajstić information content (AvgIpc) is 2.95. The molecule has 94 valence electrons. The van der Waals surface area contributed by atoms with Crippen LogP contribution in [0.15, 0.2) is 11.4 Å². The molecular formula is C13H20N2OS. The predicted molar refractivity (Wildman–Crippen MR) is 71.1 cm³/mol. The molecule has 3 nitrogen and oxygen atoms in total. The van der Waals surface area contributed by atoms with Crippen molar-refractivity contribution in [2.24, 2.45) is 11.7 Å². The van der Waals surface area contributed by atoms with Crippen molar-refractivity contribution in [1.29, 1.82) is 0 Å². The smallest absolute Gasteiger partial charge is 0.249 e. The van der Waals surface area contributed by atoms with E-state index in [9.17, 15) is 4.79 Å². The van der Waals surface area contributed by atoms with Crippen LogP contribution >= 0.6 is 11.3 Å². The Morgan fingerprint density at radius 2 is 2.41 bits per heavy atom. The van der Waals surface area contributed by atoms with Crippen molar-refractivity contribution >= 4 is 17.2 Å². The molecule has 2 atom stereocenters. The van der Waals surface area contributed by atoms with E-state index in [-0.39, 0.29) is 5.91 Å². The lowest BCUT2D eigenvalue weighted by atomic mass is 10.0. The molecule has 1 aliphatic rings. The molecule has 0 aliphatic heterocycles. The summed E-state index contributed by atoms with van der Waals surface area (Å²) in [6.45, 7) is 3.13. The molecule has 1 saturated carbocycles. The third-order valence-corrected chi connectivity index (χ3v) is 4.60. The Morgan fingerprint density at radius 1 is 1.59 bits per heavy atom. The molecule has 4 heteroatoms. The third-order valence-electron chi connectivity index (χ3n) is 3.66. The highest BCUT2D eigenvalue weighted by Crippen LogP contribution is 2.28. The summed E-state index contributed by atoms with van der Waals surface area (Å²) in [4.78, 5) is 12.2. The number of primary amides is 1. The topological polar surface area (TPSA) is 55.1 Å². The van der Waals surface area contributed by atoms with E-state index in [4.69, 9.17) is 5.73 Å². The van der Waals surface area contributed by atoms with Crippen LogP contribution in [0.2, 0.25) is 0 Å². The zero-order valence-electron chi connectivity index (χ0n) is 10.2. The molecule has 3 N–H and O–H groups in total. The minimum atomic E-state index is -0.334. The van der Waals surface area contributed by atoms with Crippen molar-refractivity contribution in [2.45, 2.75) is 45.2 Å². The Labute approximate surface area is 106 Å². The van der Waals surface area contributed by atoms with E-state index in [2.05, 4.69) is 12.2 Å². The number of carbonyl (C=O) groups excluding carboxylic acids is 1. The number of hydrogen-bond acceptors (Lipinski definition) is 3. The summed E-state index contributed by atoms with van der Waals surface area (Å²) in [5.41, 5.74) is 5.87. The first-order valence-electron chi connectivity index (χ1n) is 6.31. The van der Waals surface area contributed by atoms with Crippen LogP contribution in [0, 0.1) is 5.92 Å². The maximum Gasteiger partial charge on any atom is 0.249 e. The van der Waals surface area contributed by atoms with Crippen LogP contribution in [0.1, 0.15) is 47.8 Å². The van der Waals surface area contributed by atoms with Gasteiger partial charge in [-0.25, -0.2) is 0 Å². The summed E-state index contributed by atoms with van der Waals surface area (Å²) in [5, 5.41) is 5.45. The van der Waals surface area contributed by atoms with E-state index in [1.165, 1.54) is 30.6 Å². The van der Waals surface area contributed by atoms with Gasteiger partial charge in [0.25, 0.3) is 0 Å². The highest BCUT2D eigenvalue weighted by Gasteiger charge is 2.25. The maximum atomic E-state index is 11.0. The zero-order valence-corrected chi connectivity index (χ0v) is 11.1. The fourth-order valence-corrected chi connectivity index (χ4v) is 3.45. The van der Waals surface area contributed by atoms with Gasteiger partial charge in [-0.2, -0.15) is 0 Å². The summed E-state index contributed by atoms with van der Waals surface area (Å²) in [6.07, 6.45) is 5.24. The van der Waals surface area contributed by atoms with Gasteiger partial charge in [0.1, 0.15) is 0 Å². The van der Waals surface area contributed by atoms with Crippen LogP contribution in [0.5, 0.6) is 0 Å². The molecule has 17 heavy (non-hydrogen) atoms. The van der Waals surface area contributed by atoms with E-state index < -0.39 is 0 Å². The number of nitrogens with two attached hydrogens (primary N) is 1. The van der Waals surface area contributed by atoms with Gasteiger partial charge in [-0.15, -0.1) is 11.3 Å². The Balaban J connectivity index is 1.86. The lowest BCUT2D eigenvalue weighted by molar-refractivity contribution is 0.100. The molecule has 2 rings (SSSR count). The van der Waals surface area contributed by atoms with Crippen molar-refractivity contribution < 1.29 is 4.79 Å². The first kappa shape index (κ1) is 12.6. The van der Waals surface area contributed by atoms with Crippen molar-refractivity contribution in [1.82, 2.24) is 5.32 Å².